The fourth-order valence-corrected chi connectivity index (χ4v) is 2.11. The minimum atomic E-state index is -4.49. The number of benzene rings is 1. The fraction of sp³-hybridized carbons (Fsp3) is 0.214. The van der Waals surface area contributed by atoms with Gasteiger partial charge in [-0.15, -0.1) is 10.2 Å². The van der Waals surface area contributed by atoms with Crippen LogP contribution >= 0.6 is 0 Å². The second-order valence-corrected chi connectivity index (χ2v) is 4.78. The molecule has 0 radical (unpaired) electrons. The molecule has 2 heterocycles. The minimum absolute atomic E-state index is 0.266. The second-order valence-electron chi connectivity index (χ2n) is 4.78. The third-order valence-electron chi connectivity index (χ3n) is 3.25. The van der Waals surface area contributed by atoms with Crippen molar-refractivity contribution in [2.45, 2.75) is 12.7 Å². The van der Waals surface area contributed by atoms with Crippen LogP contribution in [0.5, 0.6) is 0 Å². The molecule has 0 unspecified atom stereocenters. The van der Waals surface area contributed by atoms with E-state index in [1.165, 1.54) is 6.33 Å². The maximum Gasteiger partial charge on any atom is 0.433 e. The summed E-state index contributed by atoms with van der Waals surface area (Å²) in [6.07, 6.45) is -2.96. The lowest BCUT2D eigenvalue weighted by Crippen LogP contribution is -2.11. The van der Waals surface area contributed by atoms with E-state index in [2.05, 4.69) is 20.5 Å². The van der Waals surface area contributed by atoms with Gasteiger partial charge in [0.15, 0.2) is 5.82 Å². The van der Waals surface area contributed by atoms with Crippen molar-refractivity contribution in [2.24, 2.45) is 7.05 Å². The Hall–Kier alpha value is -2.64. The van der Waals surface area contributed by atoms with Crippen LogP contribution < -0.4 is 5.32 Å². The third-order valence-corrected chi connectivity index (χ3v) is 3.25. The summed E-state index contributed by atoms with van der Waals surface area (Å²) < 4.78 is 40.6. The van der Waals surface area contributed by atoms with Crippen LogP contribution in [0.25, 0.3) is 10.9 Å². The Balaban J connectivity index is 2.01. The van der Waals surface area contributed by atoms with Gasteiger partial charge in [-0.1, -0.05) is 18.2 Å². The number of alkyl halides is 3. The second kappa shape index (κ2) is 5.28. The van der Waals surface area contributed by atoms with Gasteiger partial charge in [-0.25, -0.2) is 4.98 Å². The van der Waals surface area contributed by atoms with E-state index in [0.29, 0.717) is 16.9 Å². The highest BCUT2D eigenvalue weighted by molar-refractivity contribution is 5.91. The lowest BCUT2D eigenvalue weighted by Gasteiger charge is -2.13. The van der Waals surface area contributed by atoms with Crippen molar-refractivity contribution >= 4 is 16.6 Å². The summed E-state index contributed by atoms with van der Waals surface area (Å²) >= 11 is 0. The third kappa shape index (κ3) is 2.72. The van der Waals surface area contributed by atoms with Gasteiger partial charge in [0, 0.05) is 18.1 Å². The Labute approximate surface area is 123 Å². The van der Waals surface area contributed by atoms with E-state index in [1.54, 1.807) is 35.9 Å². The molecule has 0 bridgehead atoms. The summed E-state index contributed by atoms with van der Waals surface area (Å²) in [5.74, 6) is 0.620. The molecular weight excluding hydrogens is 295 g/mol. The van der Waals surface area contributed by atoms with Crippen LogP contribution in [0.4, 0.5) is 18.9 Å². The van der Waals surface area contributed by atoms with Crippen LogP contribution in [0.3, 0.4) is 0 Å². The SMILES string of the molecule is Cn1cnnc1CNc1cc(C(F)(F)F)nc2ccccc12. The molecule has 1 aromatic carbocycles. The number of para-hydroxylation sites is 1. The van der Waals surface area contributed by atoms with Gasteiger partial charge in [0.2, 0.25) is 0 Å². The van der Waals surface area contributed by atoms with Crippen molar-refractivity contribution in [1.82, 2.24) is 19.7 Å². The van der Waals surface area contributed by atoms with E-state index in [1.807, 2.05) is 0 Å². The Bertz CT molecular complexity index is 810. The number of hydrogen-bond acceptors (Lipinski definition) is 4. The van der Waals surface area contributed by atoms with Crippen LogP contribution in [0.1, 0.15) is 11.5 Å². The van der Waals surface area contributed by atoms with Gasteiger partial charge in [-0.3, -0.25) is 0 Å². The first kappa shape index (κ1) is 14.3. The Morgan fingerprint density at radius 2 is 2.00 bits per heavy atom. The summed E-state index contributed by atoms with van der Waals surface area (Å²) in [5.41, 5.74) is -0.273. The molecule has 0 amide bonds. The predicted molar refractivity (Wildman–Crippen MR) is 75.1 cm³/mol. The van der Waals surface area contributed by atoms with Gasteiger partial charge in [-0.05, 0) is 12.1 Å². The van der Waals surface area contributed by atoms with Crippen molar-refractivity contribution in [3.05, 3.63) is 48.2 Å². The number of nitrogens with one attached hydrogen (secondary N) is 1. The summed E-state index contributed by atoms with van der Waals surface area (Å²) in [7, 11) is 1.77. The van der Waals surface area contributed by atoms with Crippen LogP contribution in [0.2, 0.25) is 0 Å². The first-order valence-corrected chi connectivity index (χ1v) is 6.49. The Morgan fingerprint density at radius 3 is 2.68 bits per heavy atom. The molecule has 1 N–H and O–H groups in total. The van der Waals surface area contributed by atoms with Crippen molar-refractivity contribution in [2.75, 3.05) is 5.32 Å². The molecule has 114 valence electrons. The van der Waals surface area contributed by atoms with Crippen LogP contribution in [-0.4, -0.2) is 19.7 Å². The molecule has 0 fully saturated rings. The lowest BCUT2D eigenvalue weighted by molar-refractivity contribution is -0.140. The zero-order chi connectivity index (χ0) is 15.7. The zero-order valence-corrected chi connectivity index (χ0v) is 11.6. The van der Waals surface area contributed by atoms with Crippen LogP contribution in [0.15, 0.2) is 36.7 Å². The van der Waals surface area contributed by atoms with Gasteiger partial charge in [-0.2, -0.15) is 13.2 Å². The monoisotopic (exact) mass is 307 g/mol. The lowest BCUT2D eigenvalue weighted by atomic mass is 10.1. The van der Waals surface area contributed by atoms with Gasteiger partial charge < -0.3 is 9.88 Å². The standard InChI is InChI=1S/C14H12F3N5/c1-22-8-19-21-13(22)7-18-11-6-12(14(15,16)17)20-10-5-3-2-4-9(10)11/h2-6,8H,7H2,1H3,(H,18,20). The number of aromatic nitrogens is 4. The maximum absolute atomic E-state index is 13.0. The summed E-state index contributed by atoms with van der Waals surface area (Å²) in [6.45, 7) is 0.266. The molecule has 3 aromatic rings. The van der Waals surface area contributed by atoms with Gasteiger partial charge >= 0.3 is 6.18 Å². The largest absolute Gasteiger partial charge is 0.433 e. The van der Waals surface area contributed by atoms with Crippen molar-refractivity contribution < 1.29 is 13.2 Å². The molecule has 0 spiro atoms. The van der Waals surface area contributed by atoms with E-state index in [-0.39, 0.29) is 12.1 Å². The number of halogens is 3. The highest BCUT2D eigenvalue weighted by Crippen LogP contribution is 2.33. The molecule has 0 atom stereocenters. The molecule has 0 aliphatic rings. The topological polar surface area (TPSA) is 55.6 Å². The highest BCUT2D eigenvalue weighted by Gasteiger charge is 2.33. The fourth-order valence-electron chi connectivity index (χ4n) is 2.11. The number of pyridine rings is 1. The van der Waals surface area contributed by atoms with E-state index in [0.717, 1.165) is 6.07 Å². The van der Waals surface area contributed by atoms with E-state index < -0.39 is 11.9 Å². The summed E-state index contributed by atoms with van der Waals surface area (Å²) in [6, 6.07) is 7.70. The molecule has 3 rings (SSSR count). The van der Waals surface area contributed by atoms with Crippen molar-refractivity contribution in [1.29, 1.82) is 0 Å². The molecule has 8 heteroatoms. The molecule has 2 aromatic heterocycles. The molecule has 0 aliphatic heterocycles. The molecular formula is C14H12F3N5. The number of fused-ring (bicyclic) bond motifs is 1. The molecule has 0 saturated carbocycles. The van der Waals surface area contributed by atoms with E-state index in [4.69, 9.17) is 0 Å². The van der Waals surface area contributed by atoms with Crippen LogP contribution in [0, 0.1) is 0 Å². The number of rotatable bonds is 3. The number of nitrogens with zero attached hydrogens (tertiary/aromatic N) is 4. The number of aryl methyl sites for hydroxylation is 1. The average molecular weight is 307 g/mol. The smallest absolute Gasteiger partial charge is 0.377 e. The maximum atomic E-state index is 13.0. The normalized spacial score (nSPS) is 11.8. The average Bonchev–Trinajstić information content (AvgIpc) is 2.89. The Morgan fingerprint density at radius 1 is 1.23 bits per heavy atom. The minimum Gasteiger partial charge on any atom is -0.377 e. The molecule has 0 saturated heterocycles. The van der Waals surface area contributed by atoms with Crippen molar-refractivity contribution in [3.63, 3.8) is 0 Å². The van der Waals surface area contributed by atoms with Gasteiger partial charge in [0.05, 0.1) is 12.1 Å². The predicted octanol–water partition coefficient (Wildman–Crippen LogP) is 2.99. The van der Waals surface area contributed by atoms with Crippen LogP contribution in [-0.2, 0) is 19.8 Å². The zero-order valence-electron chi connectivity index (χ0n) is 11.6. The quantitative estimate of drug-likeness (QED) is 0.808. The summed E-state index contributed by atoms with van der Waals surface area (Å²) in [4.78, 5) is 3.67. The van der Waals surface area contributed by atoms with Gasteiger partial charge in [0.25, 0.3) is 0 Å². The van der Waals surface area contributed by atoms with Crippen molar-refractivity contribution in [3.8, 4) is 0 Å². The first-order valence-electron chi connectivity index (χ1n) is 6.49. The molecule has 0 aliphatic carbocycles. The highest BCUT2D eigenvalue weighted by atomic mass is 19.4. The van der Waals surface area contributed by atoms with E-state index in [9.17, 15) is 13.2 Å². The molecule has 5 nitrogen and oxygen atoms in total. The Kier molecular flexibility index (Phi) is 3.44. The number of anilines is 1. The number of hydrogen-bond donors (Lipinski definition) is 1. The van der Waals surface area contributed by atoms with E-state index >= 15 is 0 Å². The summed E-state index contributed by atoms with van der Waals surface area (Å²) in [5, 5.41) is 11.2. The first-order chi connectivity index (χ1) is 10.4. The molecule has 22 heavy (non-hydrogen) atoms. The van der Waals surface area contributed by atoms with Gasteiger partial charge in [0.1, 0.15) is 12.0 Å².